The molecule has 0 unspecified atom stereocenters. The van der Waals surface area contributed by atoms with Crippen LogP contribution in [-0.4, -0.2) is 24.9 Å². The maximum absolute atomic E-state index is 9.14. The van der Waals surface area contributed by atoms with Gasteiger partial charge in [-0.2, -0.15) is 10.4 Å². The number of benzene rings is 1. The average Bonchev–Trinajstić information content (AvgIpc) is 3.09. The van der Waals surface area contributed by atoms with Crippen LogP contribution in [0.25, 0.3) is 0 Å². The summed E-state index contributed by atoms with van der Waals surface area (Å²) >= 11 is 0. The summed E-state index contributed by atoms with van der Waals surface area (Å²) < 4.78 is 16.7. The van der Waals surface area contributed by atoms with Crippen LogP contribution in [0.5, 0.6) is 11.5 Å². The molecule has 144 valence electrons. The van der Waals surface area contributed by atoms with E-state index in [-0.39, 0.29) is 17.5 Å². The van der Waals surface area contributed by atoms with E-state index in [1.54, 1.807) is 13.3 Å². The van der Waals surface area contributed by atoms with Crippen LogP contribution < -0.4 is 14.9 Å². The van der Waals surface area contributed by atoms with Crippen LogP contribution >= 0.6 is 0 Å². The van der Waals surface area contributed by atoms with E-state index in [0.717, 1.165) is 24.8 Å². The molecule has 1 aromatic carbocycles. The third-order valence-electron chi connectivity index (χ3n) is 3.82. The van der Waals surface area contributed by atoms with E-state index in [4.69, 9.17) is 19.2 Å². The number of ether oxygens (including phenoxy) is 2. The lowest BCUT2D eigenvalue weighted by molar-refractivity contribution is 0.286. The van der Waals surface area contributed by atoms with Crippen LogP contribution in [0.3, 0.4) is 0 Å². The molecular formula is C20H26N4O3. The number of rotatable bonds is 10. The molecular weight excluding hydrogens is 344 g/mol. The van der Waals surface area contributed by atoms with Crippen LogP contribution in [0.2, 0.25) is 0 Å². The number of hydrogen-bond donors (Lipinski definition) is 1. The van der Waals surface area contributed by atoms with Gasteiger partial charge in [-0.1, -0.05) is 33.6 Å². The second-order valence-corrected chi connectivity index (χ2v) is 6.33. The summed E-state index contributed by atoms with van der Waals surface area (Å²) in [4.78, 5) is 4.13. The van der Waals surface area contributed by atoms with E-state index in [0.29, 0.717) is 24.0 Å². The third-order valence-corrected chi connectivity index (χ3v) is 3.82. The molecule has 0 saturated heterocycles. The van der Waals surface area contributed by atoms with Crippen LogP contribution in [0.4, 0.5) is 5.88 Å². The molecule has 0 saturated carbocycles. The van der Waals surface area contributed by atoms with Crippen LogP contribution in [0.15, 0.2) is 27.7 Å². The Morgan fingerprint density at radius 3 is 2.81 bits per heavy atom. The minimum Gasteiger partial charge on any atom is -0.493 e. The number of hydrogen-bond acceptors (Lipinski definition) is 7. The summed E-state index contributed by atoms with van der Waals surface area (Å²) in [5, 5.41) is 13.3. The molecule has 1 aromatic heterocycles. The first kappa shape index (κ1) is 20.3. The van der Waals surface area contributed by atoms with Crippen molar-refractivity contribution in [3.63, 3.8) is 0 Å². The number of nitrogens with one attached hydrogen (secondary N) is 1. The van der Waals surface area contributed by atoms with Gasteiger partial charge in [-0.15, -0.1) is 0 Å². The first-order chi connectivity index (χ1) is 13.1. The molecule has 2 aromatic rings. The van der Waals surface area contributed by atoms with Gasteiger partial charge in [-0.05, 0) is 30.2 Å². The second kappa shape index (κ2) is 10.2. The standard InChI is InChI=1S/C20H26N4O3/c1-5-6-7-10-26-17-9-8-15(11-18(17)25-4)13-22-24-20-16(12-21)23-19(27-20)14(2)3/h8-9,11,13-14,24H,5-7,10H2,1-4H3. The lowest BCUT2D eigenvalue weighted by atomic mass is 10.2. The number of unbranched alkanes of at least 4 members (excludes halogenated alkanes) is 2. The zero-order chi connectivity index (χ0) is 19.6. The van der Waals surface area contributed by atoms with E-state index in [1.165, 1.54) is 0 Å². The van der Waals surface area contributed by atoms with Gasteiger partial charge in [-0.25, -0.2) is 10.4 Å². The van der Waals surface area contributed by atoms with Crippen molar-refractivity contribution in [3.8, 4) is 17.6 Å². The maximum atomic E-state index is 9.14. The molecule has 1 N–H and O–H groups in total. The van der Waals surface area contributed by atoms with Crippen molar-refractivity contribution in [2.75, 3.05) is 19.1 Å². The average molecular weight is 370 g/mol. The Hall–Kier alpha value is -3.01. The zero-order valence-electron chi connectivity index (χ0n) is 16.3. The van der Waals surface area contributed by atoms with Crippen LogP contribution in [-0.2, 0) is 0 Å². The lowest BCUT2D eigenvalue weighted by Gasteiger charge is -2.11. The van der Waals surface area contributed by atoms with Crippen molar-refractivity contribution >= 4 is 12.1 Å². The SMILES string of the molecule is CCCCCOc1ccc(C=NNc2oc(C(C)C)nc2C#N)cc1OC. The summed E-state index contributed by atoms with van der Waals surface area (Å²) in [6.45, 7) is 6.71. The van der Waals surface area contributed by atoms with E-state index in [9.17, 15) is 0 Å². The summed E-state index contributed by atoms with van der Waals surface area (Å²) in [5.41, 5.74) is 3.74. The topological polar surface area (TPSA) is 92.7 Å². The van der Waals surface area contributed by atoms with Gasteiger partial charge in [0, 0.05) is 5.92 Å². The van der Waals surface area contributed by atoms with Gasteiger partial charge in [0.2, 0.25) is 11.6 Å². The molecule has 1 heterocycles. The van der Waals surface area contributed by atoms with E-state index < -0.39 is 0 Å². The summed E-state index contributed by atoms with van der Waals surface area (Å²) in [7, 11) is 1.61. The Kier molecular flexibility index (Phi) is 7.68. The Labute approximate surface area is 160 Å². The Morgan fingerprint density at radius 1 is 1.33 bits per heavy atom. The monoisotopic (exact) mass is 370 g/mol. The van der Waals surface area contributed by atoms with E-state index in [2.05, 4.69) is 22.4 Å². The molecule has 0 bridgehead atoms. The summed E-state index contributed by atoms with van der Waals surface area (Å²) in [6, 6.07) is 7.58. The Balaban J connectivity index is 2.03. The van der Waals surface area contributed by atoms with Crippen molar-refractivity contribution in [1.82, 2.24) is 4.98 Å². The fraction of sp³-hybridized carbons (Fsp3) is 0.450. The van der Waals surface area contributed by atoms with E-state index >= 15 is 0 Å². The summed E-state index contributed by atoms with van der Waals surface area (Å²) in [6.07, 6.45) is 4.93. The number of aromatic nitrogens is 1. The highest BCUT2D eigenvalue weighted by atomic mass is 16.5. The Bertz CT molecular complexity index is 806. The molecule has 0 fully saturated rings. The quantitative estimate of drug-likeness (QED) is 0.370. The molecule has 0 spiro atoms. The molecule has 0 aliphatic heterocycles. The number of oxazole rings is 1. The molecule has 2 rings (SSSR count). The highest BCUT2D eigenvalue weighted by Gasteiger charge is 2.14. The van der Waals surface area contributed by atoms with Gasteiger partial charge in [0.05, 0.1) is 19.9 Å². The van der Waals surface area contributed by atoms with Crippen molar-refractivity contribution in [3.05, 3.63) is 35.3 Å². The van der Waals surface area contributed by atoms with E-state index in [1.807, 2.05) is 38.1 Å². The molecule has 0 aliphatic carbocycles. The van der Waals surface area contributed by atoms with Crippen molar-refractivity contribution in [1.29, 1.82) is 5.26 Å². The molecule has 0 aliphatic rings. The second-order valence-electron chi connectivity index (χ2n) is 6.33. The minimum atomic E-state index is 0.0887. The van der Waals surface area contributed by atoms with Gasteiger partial charge in [0.15, 0.2) is 11.5 Å². The van der Waals surface area contributed by atoms with Crippen molar-refractivity contribution in [2.45, 2.75) is 46.0 Å². The Morgan fingerprint density at radius 2 is 2.15 bits per heavy atom. The molecule has 7 heteroatoms. The van der Waals surface area contributed by atoms with Crippen molar-refractivity contribution < 1.29 is 13.9 Å². The molecule has 7 nitrogen and oxygen atoms in total. The number of methoxy groups -OCH3 is 1. The lowest BCUT2D eigenvalue weighted by Crippen LogP contribution is -2.00. The first-order valence-electron chi connectivity index (χ1n) is 9.09. The number of nitriles is 1. The van der Waals surface area contributed by atoms with Gasteiger partial charge < -0.3 is 13.9 Å². The number of hydrazone groups is 1. The predicted octanol–water partition coefficient (Wildman–Crippen LogP) is 4.69. The van der Waals surface area contributed by atoms with Crippen LogP contribution in [0.1, 0.15) is 63.1 Å². The molecule has 0 amide bonds. The number of nitrogens with zero attached hydrogens (tertiary/aromatic N) is 3. The largest absolute Gasteiger partial charge is 0.493 e. The zero-order valence-corrected chi connectivity index (χ0v) is 16.3. The third kappa shape index (κ3) is 5.74. The minimum absolute atomic E-state index is 0.0887. The van der Waals surface area contributed by atoms with Gasteiger partial charge >= 0.3 is 0 Å². The van der Waals surface area contributed by atoms with Gasteiger partial charge in [0.1, 0.15) is 6.07 Å². The molecule has 27 heavy (non-hydrogen) atoms. The normalized spacial score (nSPS) is 11.0. The fourth-order valence-electron chi connectivity index (χ4n) is 2.32. The number of anilines is 1. The molecule has 0 radical (unpaired) electrons. The predicted molar refractivity (Wildman–Crippen MR) is 105 cm³/mol. The van der Waals surface area contributed by atoms with Crippen molar-refractivity contribution in [2.24, 2.45) is 5.10 Å². The highest BCUT2D eigenvalue weighted by molar-refractivity contribution is 5.81. The summed E-state index contributed by atoms with van der Waals surface area (Å²) in [5.74, 6) is 2.18. The van der Waals surface area contributed by atoms with Gasteiger partial charge in [-0.3, -0.25) is 0 Å². The molecule has 0 atom stereocenters. The maximum Gasteiger partial charge on any atom is 0.252 e. The smallest absolute Gasteiger partial charge is 0.252 e. The van der Waals surface area contributed by atoms with Crippen LogP contribution in [0, 0.1) is 11.3 Å². The van der Waals surface area contributed by atoms with Gasteiger partial charge in [0.25, 0.3) is 5.88 Å². The highest BCUT2D eigenvalue weighted by Crippen LogP contribution is 2.28. The fourth-order valence-corrected chi connectivity index (χ4v) is 2.32. The first-order valence-corrected chi connectivity index (χ1v) is 9.09.